The Morgan fingerprint density at radius 1 is 1.42 bits per heavy atom. The molecule has 0 amide bonds. The van der Waals surface area contributed by atoms with E-state index in [0.717, 1.165) is 31.2 Å². The van der Waals surface area contributed by atoms with Crippen molar-refractivity contribution in [2.45, 2.75) is 37.7 Å². The molecule has 3 atom stereocenters. The van der Waals surface area contributed by atoms with E-state index in [-0.39, 0.29) is 28.8 Å². The number of carboxylic acids is 1. The van der Waals surface area contributed by atoms with Gasteiger partial charge in [-0.1, -0.05) is 4.98 Å². The SMILES string of the molecule is CC1OCC(C(=O)O)[N+]([O-])(c2c(N3CCCCC3)nc(N)[n+]([O-])c2N)S1. The van der Waals surface area contributed by atoms with Gasteiger partial charge in [-0.2, -0.15) is 0 Å². The van der Waals surface area contributed by atoms with E-state index in [4.69, 9.17) is 16.2 Å². The zero-order valence-electron chi connectivity index (χ0n) is 14.3. The van der Waals surface area contributed by atoms with Crippen molar-refractivity contribution < 1.29 is 19.4 Å². The van der Waals surface area contributed by atoms with E-state index in [1.165, 1.54) is 0 Å². The van der Waals surface area contributed by atoms with Crippen LogP contribution in [0.4, 0.5) is 23.3 Å². The second-order valence-electron chi connectivity index (χ2n) is 6.33. The van der Waals surface area contributed by atoms with E-state index in [1.54, 1.807) is 6.92 Å². The normalized spacial score (nSPS) is 29.5. The highest BCUT2D eigenvalue weighted by Gasteiger charge is 2.50. The first kappa shape index (κ1) is 18.8. The van der Waals surface area contributed by atoms with Gasteiger partial charge in [0.2, 0.25) is 6.04 Å². The highest BCUT2D eigenvalue weighted by atomic mass is 32.2. The quantitative estimate of drug-likeness (QED) is 0.282. The van der Waals surface area contributed by atoms with E-state index in [1.807, 2.05) is 4.90 Å². The second kappa shape index (κ2) is 6.95. The Bertz CT molecular complexity index is 716. The molecule has 0 saturated carbocycles. The first-order valence-electron chi connectivity index (χ1n) is 8.32. The molecule has 11 nitrogen and oxygen atoms in total. The van der Waals surface area contributed by atoms with Crippen LogP contribution in [0.15, 0.2) is 0 Å². The predicted molar refractivity (Wildman–Crippen MR) is 97.7 cm³/mol. The number of aliphatic carboxylic acids is 1. The fourth-order valence-electron chi connectivity index (χ4n) is 3.24. The summed E-state index contributed by atoms with van der Waals surface area (Å²) in [6.45, 7) is 2.59. The number of hydrogen-bond acceptors (Lipinski definition) is 9. The molecule has 3 heterocycles. The van der Waals surface area contributed by atoms with Crippen molar-refractivity contribution in [3.05, 3.63) is 10.4 Å². The number of nitrogen functional groups attached to an aromatic ring is 2. The van der Waals surface area contributed by atoms with Gasteiger partial charge < -0.3 is 36.6 Å². The molecule has 0 aromatic carbocycles. The van der Waals surface area contributed by atoms with Crippen LogP contribution in [0.3, 0.4) is 0 Å². The Morgan fingerprint density at radius 2 is 2.08 bits per heavy atom. The summed E-state index contributed by atoms with van der Waals surface area (Å²) in [4.78, 5) is 17.7. The molecular weight excluding hydrogens is 364 g/mol. The molecule has 2 aliphatic heterocycles. The fourth-order valence-corrected chi connectivity index (χ4v) is 4.40. The summed E-state index contributed by atoms with van der Waals surface area (Å²) in [5.41, 5.74) is 10.9. The lowest BCUT2D eigenvalue weighted by Gasteiger charge is -2.48. The average molecular weight is 386 g/mol. The number of carbonyl (C=O) groups is 1. The first-order chi connectivity index (χ1) is 12.3. The average Bonchev–Trinajstić information content (AvgIpc) is 2.59. The van der Waals surface area contributed by atoms with E-state index in [0.29, 0.717) is 13.1 Å². The van der Waals surface area contributed by atoms with Crippen molar-refractivity contribution >= 4 is 41.2 Å². The first-order valence-corrected chi connectivity index (χ1v) is 9.16. The summed E-state index contributed by atoms with van der Waals surface area (Å²) < 4.78 is 4.11. The number of piperidine rings is 1. The minimum atomic E-state index is -1.48. The van der Waals surface area contributed by atoms with Crippen LogP contribution in [0.25, 0.3) is 0 Å². The standard InChI is InChI=1S/C14H22N6O5S/c1-8-25-7-9(13(21)22)20(24,26-8)10-11(15)19(23)14(16)17-12(10)18-5-3-2-4-6-18/h8-9H,2-7,15H2,1H3,(H2,16,17)(H,21,22). The Morgan fingerprint density at radius 3 is 2.69 bits per heavy atom. The highest BCUT2D eigenvalue weighted by molar-refractivity contribution is 7.99. The molecule has 0 aliphatic carbocycles. The van der Waals surface area contributed by atoms with Crippen molar-refractivity contribution in [3.8, 4) is 0 Å². The number of quaternary nitrogens is 1. The summed E-state index contributed by atoms with van der Waals surface area (Å²) in [6, 6.07) is -1.48. The van der Waals surface area contributed by atoms with Crippen LogP contribution in [0.5, 0.6) is 0 Å². The molecule has 1 aromatic rings. The van der Waals surface area contributed by atoms with Crippen molar-refractivity contribution in [2.75, 3.05) is 36.1 Å². The van der Waals surface area contributed by atoms with Crippen molar-refractivity contribution in [1.29, 1.82) is 0 Å². The third-order valence-corrected chi connectivity index (χ3v) is 5.74. The molecular formula is C14H22N6O5S. The molecule has 0 bridgehead atoms. The van der Waals surface area contributed by atoms with E-state index >= 15 is 0 Å². The number of nitrogens with two attached hydrogens (primary N) is 2. The van der Waals surface area contributed by atoms with Crippen LogP contribution in [0.2, 0.25) is 0 Å². The minimum absolute atomic E-state index is 0.167. The lowest BCUT2D eigenvalue weighted by atomic mass is 10.1. The van der Waals surface area contributed by atoms with Gasteiger partial charge >= 0.3 is 11.9 Å². The zero-order valence-corrected chi connectivity index (χ0v) is 15.1. The molecule has 3 unspecified atom stereocenters. The summed E-state index contributed by atoms with van der Waals surface area (Å²) in [6.07, 6.45) is 2.82. The topological polar surface area (TPSA) is 165 Å². The molecule has 0 radical (unpaired) electrons. The number of nitrogens with zero attached hydrogens (tertiary/aromatic N) is 4. The zero-order chi connectivity index (χ0) is 19.1. The molecule has 2 aliphatic rings. The number of hydrogen-bond donors (Lipinski definition) is 3. The molecule has 2 fully saturated rings. The predicted octanol–water partition coefficient (Wildman–Crippen LogP) is 0.152. The Balaban J connectivity index is 2.20. The van der Waals surface area contributed by atoms with Crippen LogP contribution >= 0.6 is 11.9 Å². The van der Waals surface area contributed by atoms with Crippen LogP contribution in [0.1, 0.15) is 26.2 Å². The molecule has 0 spiro atoms. The highest BCUT2D eigenvalue weighted by Crippen LogP contribution is 2.47. The van der Waals surface area contributed by atoms with Crippen LogP contribution in [-0.2, 0) is 9.53 Å². The summed E-state index contributed by atoms with van der Waals surface area (Å²) in [5, 5.41) is 35.5. The number of anilines is 3. The number of carboxylic acid groups (broad SMARTS) is 1. The Kier molecular flexibility index (Phi) is 5.01. The maximum atomic E-state index is 13.8. The van der Waals surface area contributed by atoms with Gasteiger partial charge in [0.1, 0.15) is 18.6 Å². The van der Waals surface area contributed by atoms with Gasteiger partial charge in [0, 0.05) is 13.1 Å². The molecule has 2 saturated heterocycles. The molecule has 12 heteroatoms. The van der Waals surface area contributed by atoms with Crippen LogP contribution in [0, 0.1) is 10.4 Å². The van der Waals surface area contributed by atoms with E-state index in [9.17, 15) is 20.3 Å². The van der Waals surface area contributed by atoms with Crippen LogP contribution < -0.4 is 25.1 Å². The monoisotopic (exact) mass is 386 g/mol. The number of aromatic nitrogens is 2. The lowest BCUT2D eigenvalue weighted by Crippen LogP contribution is -2.59. The summed E-state index contributed by atoms with van der Waals surface area (Å²) >= 11 is 0.724. The van der Waals surface area contributed by atoms with E-state index in [2.05, 4.69) is 4.98 Å². The molecule has 3 rings (SSSR count). The molecule has 144 valence electrons. The van der Waals surface area contributed by atoms with Gasteiger partial charge in [-0.3, -0.25) is 0 Å². The Hall–Kier alpha value is -2.02. The minimum Gasteiger partial charge on any atom is -0.754 e. The number of ether oxygens (including phenoxy) is 1. The molecule has 26 heavy (non-hydrogen) atoms. The van der Waals surface area contributed by atoms with Gasteiger partial charge in [-0.05, 0) is 26.2 Å². The largest absolute Gasteiger partial charge is 0.754 e. The second-order valence-corrected chi connectivity index (χ2v) is 7.74. The van der Waals surface area contributed by atoms with Gasteiger partial charge in [0.05, 0.1) is 0 Å². The van der Waals surface area contributed by atoms with Gasteiger partial charge in [0.25, 0.3) is 17.3 Å². The summed E-state index contributed by atoms with van der Waals surface area (Å²) in [7, 11) is 0. The molecule has 1 aromatic heterocycles. The van der Waals surface area contributed by atoms with Gasteiger partial charge in [-0.25, -0.2) is 13.6 Å². The fraction of sp³-hybridized carbons (Fsp3) is 0.643. The van der Waals surface area contributed by atoms with Crippen LogP contribution in [-0.4, -0.2) is 47.2 Å². The van der Waals surface area contributed by atoms with Crippen molar-refractivity contribution in [1.82, 2.24) is 9.04 Å². The van der Waals surface area contributed by atoms with Crippen molar-refractivity contribution in [3.63, 3.8) is 0 Å². The van der Waals surface area contributed by atoms with E-state index < -0.39 is 27.3 Å². The maximum Gasteiger partial charge on any atom is 0.366 e. The smallest absolute Gasteiger partial charge is 0.366 e. The maximum absolute atomic E-state index is 13.8. The number of hydroxylamine groups is 1. The third-order valence-electron chi connectivity index (χ3n) is 4.56. The van der Waals surface area contributed by atoms with Gasteiger partial charge in [0.15, 0.2) is 5.44 Å². The lowest BCUT2D eigenvalue weighted by molar-refractivity contribution is -0.576. The number of rotatable bonds is 3. The summed E-state index contributed by atoms with van der Waals surface area (Å²) in [5.74, 6) is -1.97. The molecule has 5 N–H and O–H groups in total. The third kappa shape index (κ3) is 3.09. The van der Waals surface area contributed by atoms with Crippen molar-refractivity contribution in [2.24, 2.45) is 0 Å². The Labute approximate surface area is 154 Å². The van der Waals surface area contributed by atoms with Gasteiger partial charge in [-0.15, -0.1) is 0 Å².